The number of hydrogen-bond acceptors (Lipinski definition) is 7. The molecule has 0 saturated heterocycles. The molecule has 0 aromatic carbocycles. The van der Waals surface area contributed by atoms with Gasteiger partial charge in [0, 0.05) is 0 Å². The Morgan fingerprint density at radius 3 is 2.38 bits per heavy atom. The molecule has 4 unspecified atom stereocenters. The summed E-state index contributed by atoms with van der Waals surface area (Å²) in [4.78, 5) is 30.5. The van der Waals surface area contributed by atoms with Crippen LogP contribution in [-0.4, -0.2) is 29.4 Å². The van der Waals surface area contributed by atoms with Gasteiger partial charge in [-0.3, -0.25) is 0 Å². The topological polar surface area (TPSA) is 131 Å². The summed E-state index contributed by atoms with van der Waals surface area (Å²) < 4.78 is 0. The third-order valence-corrected chi connectivity index (χ3v) is 6.05. The van der Waals surface area contributed by atoms with Crippen molar-refractivity contribution in [2.45, 2.75) is 59.5 Å². The first-order valence-electron chi connectivity index (χ1n) is 8.90. The van der Waals surface area contributed by atoms with Gasteiger partial charge in [0.2, 0.25) is 0 Å². The summed E-state index contributed by atoms with van der Waals surface area (Å²) in [7, 11) is 0. The summed E-state index contributed by atoms with van der Waals surface area (Å²) in [6.07, 6.45) is 4.82. The van der Waals surface area contributed by atoms with Gasteiger partial charge in [0.15, 0.2) is 0 Å². The molecule has 0 aliphatic heterocycles. The molecular formula is C17H29N3O6. The van der Waals surface area contributed by atoms with E-state index in [2.05, 4.69) is 24.8 Å². The highest BCUT2D eigenvalue weighted by Gasteiger charge is 2.51. The second-order valence-corrected chi connectivity index (χ2v) is 9.06. The first-order valence-corrected chi connectivity index (χ1v) is 8.90. The Bertz CT molecular complexity index is 607. The van der Waals surface area contributed by atoms with E-state index in [0.29, 0.717) is 6.54 Å². The van der Waals surface area contributed by atoms with Gasteiger partial charge >= 0.3 is 0 Å². The number of allylic oxidation sites excluding steroid dienone is 2. The van der Waals surface area contributed by atoms with Crippen LogP contribution in [0.1, 0.15) is 53.4 Å². The van der Waals surface area contributed by atoms with Crippen LogP contribution in [-0.2, 0) is 9.68 Å². The quantitative estimate of drug-likeness (QED) is 0.394. The van der Waals surface area contributed by atoms with Crippen molar-refractivity contribution in [1.82, 2.24) is 0 Å². The van der Waals surface area contributed by atoms with Crippen LogP contribution in [0.5, 0.6) is 0 Å². The van der Waals surface area contributed by atoms with Gasteiger partial charge in [-0.2, -0.15) is 0 Å². The summed E-state index contributed by atoms with van der Waals surface area (Å²) in [5.74, 6) is -0.352. The lowest BCUT2D eigenvalue weighted by molar-refractivity contribution is -0.792. The molecule has 2 aliphatic carbocycles. The molecule has 1 fully saturated rings. The fraction of sp³-hybridized carbons (Fsp3) is 0.882. The molecule has 0 amide bonds. The zero-order chi connectivity index (χ0) is 19.8. The lowest BCUT2D eigenvalue weighted by atomic mass is 9.51. The van der Waals surface area contributed by atoms with Gasteiger partial charge in [-0.05, 0) is 54.4 Å². The van der Waals surface area contributed by atoms with E-state index in [1.807, 2.05) is 13.8 Å². The molecule has 0 heterocycles. The molecule has 0 spiro atoms. The Balaban J connectivity index is 2.31. The van der Waals surface area contributed by atoms with Crippen molar-refractivity contribution in [3.05, 3.63) is 31.9 Å². The average Bonchev–Trinajstić information content (AvgIpc) is 2.47. The zero-order valence-electron chi connectivity index (χ0n) is 15.9. The third kappa shape index (κ3) is 4.44. The summed E-state index contributed by atoms with van der Waals surface area (Å²) >= 11 is 0. The second-order valence-electron chi connectivity index (χ2n) is 9.06. The van der Waals surface area contributed by atoms with E-state index >= 15 is 0 Å². The van der Waals surface area contributed by atoms with Crippen LogP contribution in [0.2, 0.25) is 0 Å². The molecule has 2 N–H and O–H groups in total. The molecule has 0 aromatic rings. The van der Waals surface area contributed by atoms with Crippen LogP contribution in [0.3, 0.4) is 0 Å². The first-order chi connectivity index (χ1) is 11.9. The van der Waals surface area contributed by atoms with Gasteiger partial charge in [-0.1, -0.05) is 39.3 Å². The first kappa shape index (κ1) is 20.4. The molecule has 2 aliphatic rings. The van der Waals surface area contributed by atoms with E-state index in [1.54, 1.807) is 0 Å². The summed E-state index contributed by atoms with van der Waals surface area (Å²) in [6, 6.07) is 0. The van der Waals surface area contributed by atoms with Crippen LogP contribution in [0.15, 0.2) is 11.6 Å². The van der Waals surface area contributed by atoms with Crippen LogP contribution >= 0.6 is 0 Å². The smallest absolute Gasteiger partial charge is 0.294 e. The van der Waals surface area contributed by atoms with Gasteiger partial charge in [-0.15, -0.1) is 20.2 Å². The van der Waals surface area contributed by atoms with Crippen molar-refractivity contribution in [2.24, 2.45) is 27.9 Å². The summed E-state index contributed by atoms with van der Waals surface area (Å²) in [5, 5.41) is 19.5. The molecular weight excluding hydrogens is 342 g/mol. The van der Waals surface area contributed by atoms with E-state index in [0.717, 1.165) is 25.7 Å². The third-order valence-electron chi connectivity index (χ3n) is 6.05. The van der Waals surface area contributed by atoms with Crippen LogP contribution in [0, 0.1) is 42.4 Å². The molecule has 2 bridgehead atoms. The average molecular weight is 371 g/mol. The number of hydrogen-bond donors (Lipinski definition) is 1. The number of nitrogens with two attached hydrogens (primary N) is 1. The lowest BCUT2D eigenvalue weighted by Crippen LogP contribution is -2.50. The maximum absolute atomic E-state index is 10.9. The summed E-state index contributed by atoms with van der Waals surface area (Å²) in [5.41, 5.74) is 7.17. The molecule has 9 heteroatoms. The van der Waals surface area contributed by atoms with E-state index in [9.17, 15) is 20.2 Å². The minimum Gasteiger partial charge on any atom is -0.330 e. The normalized spacial score (nSPS) is 32.1. The fourth-order valence-electron chi connectivity index (χ4n) is 5.30. The number of fused-ring (bicyclic) bond motifs is 2. The molecule has 0 aromatic heterocycles. The lowest BCUT2D eigenvalue weighted by Gasteiger charge is -2.55. The van der Waals surface area contributed by atoms with Crippen LogP contribution < -0.4 is 5.73 Å². The maximum atomic E-state index is 10.9. The largest absolute Gasteiger partial charge is 0.330 e. The number of nitrogens with zero attached hydrogens (tertiary/aromatic N) is 2. The van der Waals surface area contributed by atoms with E-state index in [1.165, 1.54) is 5.57 Å². The maximum Gasteiger partial charge on any atom is 0.294 e. The van der Waals surface area contributed by atoms with Gasteiger partial charge < -0.3 is 15.4 Å². The molecule has 148 valence electrons. The highest BCUT2D eigenvalue weighted by Crippen LogP contribution is 2.59. The van der Waals surface area contributed by atoms with E-state index in [4.69, 9.17) is 10.6 Å². The molecule has 1 saturated carbocycles. The summed E-state index contributed by atoms with van der Waals surface area (Å²) in [6.45, 7) is 8.39. The van der Waals surface area contributed by atoms with Crippen molar-refractivity contribution in [3.8, 4) is 0 Å². The minimum absolute atomic E-state index is 0.0576. The monoisotopic (exact) mass is 371 g/mol. The minimum atomic E-state index is -1.03. The Kier molecular flexibility index (Phi) is 5.51. The zero-order valence-corrected chi connectivity index (χ0v) is 15.9. The van der Waals surface area contributed by atoms with Crippen molar-refractivity contribution in [2.75, 3.05) is 13.2 Å². The van der Waals surface area contributed by atoms with Gasteiger partial charge in [0.1, 0.15) is 12.7 Å². The number of rotatable bonds is 8. The highest BCUT2D eigenvalue weighted by molar-refractivity contribution is 5.24. The second kappa shape index (κ2) is 7.02. The molecule has 9 nitrogen and oxygen atoms in total. The highest BCUT2D eigenvalue weighted by atomic mass is 17.0. The van der Waals surface area contributed by atoms with Crippen molar-refractivity contribution < 1.29 is 19.8 Å². The standard InChI is InChI=1S/C17H29N3O6/c1-12(14(26-20(23)24)8-25-19(21)22)16(4)6-13-5-15(2,3)9-17(7-13,10-16)11-18/h6,12,14H,5,7-11,18H2,1-4H3. The fourth-order valence-corrected chi connectivity index (χ4v) is 5.30. The van der Waals surface area contributed by atoms with Gasteiger partial charge in [0.05, 0.1) is 0 Å². The van der Waals surface area contributed by atoms with E-state index in [-0.39, 0.29) is 16.7 Å². The molecule has 26 heavy (non-hydrogen) atoms. The van der Waals surface area contributed by atoms with Gasteiger partial charge in [-0.25, -0.2) is 0 Å². The Morgan fingerprint density at radius 2 is 1.85 bits per heavy atom. The van der Waals surface area contributed by atoms with Crippen molar-refractivity contribution in [1.29, 1.82) is 0 Å². The predicted molar refractivity (Wildman–Crippen MR) is 93.9 cm³/mol. The molecule has 0 radical (unpaired) electrons. The SMILES string of the molecule is CC(C(CO[N+](=O)[O-])O[N+](=O)[O-])C1(C)C=C2CC(C)(C)CC(CN)(C2)C1. The molecule has 4 atom stereocenters. The van der Waals surface area contributed by atoms with Gasteiger partial charge in [0.25, 0.3) is 10.2 Å². The van der Waals surface area contributed by atoms with E-state index < -0.39 is 28.3 Å². The Hall–Kier alpha value is -1.90. The Morgan fingerprint density at radius 1 is 1.19 bits per heavy atom. The van der Waals surface area contributed by atoms with Crippen molar-refractivity contribution >= 4 is 0 Å². The van der Waals surface area contributed by atoms with Crippen molar-refractivity contribution in [3.63, 3.8) is 0 Å². The molecule has 2 rings (SSSR count). The predicted octanol–water partition coefficient (Wildman–Crippen LogP) is 2.90. The Labute approximate surface area is 153 Å². The van der Waals surface area contributed by atoms with Crippen LogP contribution in [0.4, 0.5) is 0 Å². The van der Waals surface area contributed by atoms with Crippen LogP contribution in [0.25, 0.3) is 0 Å².